The van der Waals surface area contributed by atoms with Gasteiger partial charge in [-0.25, -0.2) is 0 Å². The lowest BCUT2D eigenvalue weighted by Crippen LogP contribution is -2.33. The van der Waals surface area contributed by atoms with E-state index in [0.29, 0.717) is 22.4 Å². The van der Waals surface area contributed by atoms with E-state index in [4.69, 9.17) is 0 Å². The third kappa shape index (κ3) is 2.58. The summed E-state index contributed by atoms with van der Waals surface area (Å²) >= 11 is 0. The van der Waals surface area contributed by atoms with Crippen LogP contribution in [0.3, 0.4) is 0 Å². The Morgan fingerprint density at radius 2 is 2.15 bits per heavy atom. The fourth-order valence-electron chi connectivity index (χ4n) is 2.33. The van der Waals surface area contributed by atoms with Crippen LogP contribution in [0.4, 0.5) is 0 Å². The minimum atomic E-state index is -0.493. The van der Waals surface area contributed by atoms with Gasteiger partial charge in [0.25, 0.3) is 5.91 Å². The monoisotopic (exact) mass is 272 g/mol. The van der Waals surface area contributed by atoms with Crippen LogP contribution < -0.4 is 10.9 Å². The summed E-state index contributed by atoms with van der Waals surface area (Å²) in [5.74, 6) is -0.0155. The van der Waals surface area contributed by atoms with Crippen molar-refractivity contribution in [2.75, 3.05) is 6.54 Å². The lowest BCUT2D eigenvalue weighted by Gasteiger charge is -2.11. The molecule has 1 saturated carbocycles. The number of aliphatic hydroxyl groups is 1. The van der Waals surface area contributed by atoms with Gasteiger partial charge < -0.3 is 15.4 Å². The Labute approximate surface area is 115 Å². The van der Waals surface area contributed by atoms with Gasteiger partial charge in [-0.1, -0.05) is 18.2 Å². The maximum atomic E-state index is 12.2. The molecule has 0 spiro atoms. The van der Waals surface area contributed by atoms with Crippen LogP contribution in [0.2, 0.25) is 0 Å². The van der Waals surface area contributed by atoms with Crippen LogP contribution in [0.15, 0.2) is 35.1 Å². The molecule has 0 bridgehead atoms. The van der Waals surface area contributed by atoms with E-state index in [2.05, 4.69) is 10.3 Å². The Balaban J connectivity index is 1.84. The zero-order valence-corrected chi connectivity index (χ0v) is 10.9. The fraction of sp³-hybridized carbons (Fsp3) is 0.333. The van der Waals surface area contributed by atoms with E-state index in [9.17, 15) is 14.7 Å². The van der Waals surface area contributed by atoms with E-state index >= 15 is 0 Å². The predicted octanol–water partition coefficient (Wildman–Crippen LogP) is 1.03. The first-order valence-electron chi connectivity index (χ1n) is 6.73. The van der Waals surface area contributed by atoms with Gasteiger partial charge in [-0.05, 0) is 24.8 Å². The number of pyridine rings is 1. The number of hydrogen-bond acceptors (Lipinski definition) is 3. The molecule has 1 aliphatic carbocycles. The second-order valence-electron chi connectivity index (χ2n) is 5.21. The van der Waals surface area contributed by atoms with Crippen molar-refractivity contribution < 1.29 is 9.90 Å². The highest BCUT2D eigenvalue weighted by molar-refractivity contribution is 6.05. The summed E-state index contributed by atoms with van der Waals surface area (Å²) in [5.41, 5.74) is 0.664. The lowest BCUT2D eigenvalue weighted by atomic mass is 10.1. The molecule has 5 nitrogen and oxygen atoms in total. The van der Waals surface area contributed by atoms with Crippen molar-refractivity contribution in [3.63, 3.8) is 0 Å². The van der Waals surface area contributed by atoms with Crippen LogP contribution in [-0.4, -0.2) is 28.6 Å². The van der Waals surface area contributed by atoms with Crippen LogP contribution in [0.25, 0.3) is 10.9 Å². The Kier molecular flexibility index (Phi) is 3.28. The summed E-state index contributed by atoms with van der Waals surface area (Å²) in [6.07, 6.45) is 1.54. The number of aliphatic hydroxyl groups excluding tert-OH is 1. The average molecular weight is 272 g/mol. The van der Waals surface area contributed by atoms with Gasteiger partial charge in [0.1, 0.15) is 0 Å². The molecule has 2 aromatic rings. The number of aromatic amines is 1. The SMILES string of the molecule is O=C(NCC(O)C1CC1)c1cc(=O)[nH]c2ccccc12. The van der Waals surface area contributed by atoms with Gasteiger partial charge in [0.05, 0.1) is 11.7 Å². The molecule has 1 atom stereocenters. The van der Waals surface area contributed by atoms with Crippen LogP contribution in [0.5, 0.6) is 0 Å². The van der Waals surface area contributed by atoms with Gasteiger partial charge in [-0.2, -0.15) is 0 Å². The second-order valence-corrected chi connectivity index (χ2v) is 5.21. The maximum Gasteiger partial charge on any atom is 0.252 e. The first-order valence-corrected chi connectivity index (χ1v) is 6.73. The van der Waals surface area contributed by atoms with E-state index < -0.39 is 6.10 Å². The molecule has 1 unspecified atom stereocenters. The van der Waals surface area contributed by atoms with Crippen LogP contribution in [-0.2, 0) is 0 Å². The van der Waals surface area contributed by atoms with Crippen LogP contribution in [0.1, 0.15) is 23.2 Å². The predicted molar refractivity (Wildman–Crippen MR) is 75.6 cm³/mol. The van der Waals surface area contributed by atoms with Gasteiger partial charge in [-0.15, -0.1) is 0 Å². The zero-order chi connectivity index (χ0) is 14.1. The van der Waals surface area contributed by atoms with Crippen molar-refractivity contribution in [2.24, 2.45) is 5.92 Å². The topological polar surface area (TPSA) is 82.2 Å². The highest BCUT2D eigenvalue weighted by Gasteiger charge is 2.29. The molecule has 3 N–H and O–H groups in total. The number of benzene rings is 1. The minimum absolute atomic E-state index is 0.227. The molecule has 1 amide bonds. The van der Waals surface area contributed by atoms with Crippen LogP contribution in [0, 0.1) is 5.92 Å². The molecular formula is C15H16N2O3. The molecule has 1 aliphatic rings. The third-order valence-electron chi connectivity index (χ3n) is 3.63. The number of nitrogens with one attached hydrogen (secondary N) is 2. The smallest absolute Gasteiger partial charge is 0.252 e. The molecule has 1 fully saturated rings. The first kappa shape index (κ1) is 12.9. The highest BCUT2D eigenvalue weighted by Crippen LogP contribution is 2.32. The molecule has 0 radical (unpaired) electrons. The number of carbonyl (C=O) groups excluding carboxylic acids is 1. The number of H-pyrrole nitrogens is 1. The van der Waals surface area contributed by atoms with Crippen molar-refractivity contribution in [1.82, 2.24) is 10.3 Å². The number of carbonyl (C=O) groups is 1. The van der Waals surface area contributed by atoms with Crippen LogP contribution >= 0.6 is 0 Å². The van der Waals surface area contributed by atoms with Crippen molar-refractivity contribution in [1.29, 1.82) is 0 Å². The quantitative estimate of drug-likeness (QED) is 0.777. The summed E-state index contributed by atoms with van der Waals surface area (Å²) < 4.78 is 0. The molecule has 0 aliphatic heterocycles. The van der Waals surface area contributed by atoms with Gasteiger partial charge in [0.15, 0.2) is 0 Å². The van der Waals surface area contributed by atoms with Gasteiger partial charge in [-0.3, -0.25) is 9.59 Å². The van der Waals surface area contributed by atoms with Crippen molar-refractivity contribution in [2.45, 2.75) is 18.9 Å². The second kappa shape index (κ2) is 5.09. The normalized spacial score (nSPS) is 16.1. The zero-order valence-electron chi connectivity index (χ0n) is 10.9. The number of fused-ring (bicyclic) bond motifs is 1. The number of rotatable bonds is 4. The summed E-state index contributed by atoms with van der Waals surface area (Å²) in [6, 6.07) is 8.46. The summed E-state index contributed by atoms with van der Waals surface area (Å²) in [5, 5.41) is 13.2. The van der Waals surface area contributed by atoms with Gasteiger partial charge in [0, 0.05) is 23.5 Å². The van der Waals surface area contributed by atoms with Crippen molar-refractivity contribution >= 4 is 16.8 Å². The molecule has 5 heteroatoms. The molecule has 1 aromatic carbocycles. The van der Waals surface area contributed by atoms with Crippen molar-refractivity contribution in [3.8, 4) is 0 Å². The molecule has 0 saturated heterocycles. The minimum Gasteiger partial charge on any atom is -0.391 e. The van der Waals surface area contributed by atoms with E-state index in [1.54, 1.807) is 18.2 Å². The maximum absolute atomic E-state index is 12.2. The largest absolute Gasteiger partial charge is 0.391 e. The standard InChI is InChI=1S/C15H16N2O3/c18-13(9-5-6-9)8-16-15(20)11-7-14(19)17-12-4-2-1-3-10(11)12/h1-4,7,9,13,18H,5-6,8H2,(H,16,20)(H,17,19). The molecule has 3 rings (SSSR count). The fourth-order valence-corrected chi connectivity index (χ4v) is 2.33. The number of para-hydroxylation sites is 1. The summed E-state index contributed by atoms with van der Waals surface area (Å²) in [7, 11) is 0. The molecule has 1 heterocycles. The highest BCUT2D eigenvalue weighted by atomic mass is 16.3. The lowest BCUT2D eigenvalue weighted by molar-refractivity contribution is 0.0902. The van der Waals surface area contributed by atoms with E-state index in [1.807, 2.05) is 6.07 Å². The Bertz CT molecular complexity index is 704. The number of aromatic nitrogens is 1. The molecule has 1 aromatic heterocycles. The molecule has 20 heavy (non-hydrogen) atoms. The molecular weight excluding hydrogens is 256 g/mol. The van der Waals surface area contributed by atoms with Gasteiger partial charge >= 0.3 is 0 Å². The summed E-state index contributed by atoms with van der Waals surface area (Å²) in [6.45, 7) is 0.227. The molecule has 104 valence electrons. The first-order chi connectivity index (χ1) is 9.65. The third-order valence-corrected chi connectivity index (χ3v) is 3.63. The Morgan fingerprint density at radius 1 is 1.40 bits per heavy atom. The Morgan fingerprint density at radius 3 is 2.90 bits per heavy atom. The van der Waals surface area contributed by atoms with E-state index in [0.717, 1.165) is 12.8 Å². The van der Waals surface area contributed by atoms with Crippen molar-refractivity contribution in [3.05, 3.63) is 46.2 Å². The Hall–Kier alpha value is -2.14. The number of hydrogen-bond donors (Lipinski definition) is 3. The van der Waals surface area contributed by atoms with E-state index in [1.165, 1.54) is 6.07 Å². The van der Waals surface area contributed by atoms with Gasteiger partial charge in [0.2, 0.25) is 5.56 Å². The average Bonchev–Trinajstić information content (AvgIpc) is 3.28. The number of amides is 1. The van der Waals surface area contributed by atoms with E-state index in [-0.39, 0.29) is 18.0 Å². The summed E-state index contributed by atoms with van der Waals surface area (Å²) in [4.78, 5) is 26.5.